The number of thioether (sulfide) groups is 1. The molecule has 2 aromatic rings. The van der Waals surface area contributed by atoms with Gasteiger partial charge in [0.15, 0.2) is 0 Å². The summed E-state index contributed by atoms with van der Waals surface area (Å²) in [5.41, 5.74) is 5.75. The first-order valence-corrected chi connectivity index (χ1v) is 6.32. The van der Waals surface area contributed by atoms with Crippen LogP contribution in [0.25, 0.3) is 0 Å². The van der Waals surface area contributed by atoms with Gasteiger partial charge in [-0.25, -0.2) is 4.98 Å². The topological polar surface area (TPSA) is 52.0 Å². The maximum Gasteiger partial charge on any atom is 0.256 e. The Morgan fingerprint density at radius 2 is 2.47 bits per heavy atom. The summed E-state index contributed by atoms with van der Waals surface area (Å²) in [7, 11) is 0. The van der Waals surface area contributed by atoms with E-state index < -0.39 is 0 Å². The lowest BCUT2D eigenvalue weighted by atomic mass is 10.3. The van der Waals surface area contributed by atoms with Crippen LogP contribution in [0, 0.1) is 6.92 Å². The van der Waals surface area contributed by atoms with Crippen molar-refractivity contribution in [3.05, 3.63) is 34.3 Å². The van der Waals surface area contributed by atoms with Crippen LogP contribution >= 0.6 is 23.1 Å². The van der Waals surface area contributed by atoms with Gasteiger partial charge in [0.05, 0.1) is 11.4 Å². The van der Waals surface area contributed by atoms with Crippen molar-refractivity contribution in [3.63, 3.8) is 0 Å². The molecular weight excluding hydrogens is 228 g/mol. The second kappa shape index (κ2) is 4.83. The average molecular weight is 240 g/mol. The third-order valence-electron chi connectivity index (χ3n) is 1.95. The first kappa shape index (κ1) is 10.7. The number of nitrogens with zero attached hydrogens (tertiary/aromatic N) is 1. The van der Waals surface area contributed by atoms with E-state index in [1.807, 2.05) is 0 Å². The molecule has 0 bridgehead atoms. The van der Waals surface area contributed by atoms with Gasteiger partial charge in [-0.05, 0) is 19.1 Å². The summed E-state index contributed by atoms with van der Waals surface area (Å²) in [4.78, 5) is 6.66. The van der Waals surface area contributed by atoms with Crippen molar-refractivity contribution in [2.24, 2.45) is 5.73 Å². The smallest absolute Gasteiger partial charge is 0.256 e. The Morgan fingerprint density at radius 1 is 1.60 bits per heavy atom. The zero-order valence-electron chi connectivity index (χ0n) is 8.34. The third-order valence-corrected chi connectivity index (χ3v) is 4.34. The molecule has 0 saturated heterocycles. The Kier molecular flexibility index (Phi) is 3.45. The molecule has 1 atom stereocenters. The second-order valence-corrected chi connectivity index (χ2v) is 5.56. The van der Waals surface area contributed by atoms with E-state index in [4.69, 9.17) is 10.2 Å². The number of rotatable bonds is 4. The van der Waals surface area contributed by atoms with Crippen molar-refractivity contribution < 1.29 is 4.42 Å². The maximum atomic E-state index is 5.75. The van der Waals surface area contributed by atoms with Crippen LogP contribution in [0.4, 0.5) is 0 Å². The van der Waals surface area contributed by atoms with Gasteiger partial charge in [-0.15, -0.1) is 11.3 Å². The fraction of sp³-hybridized carbons (Fsp3) is 0.300. The second-order valence-electron chi connectivity index (χ2n) is 3.09. The molecule has 2 heterocycles. The van der Waals surface area contributed by atoms with Gasteiger partial charge < -0.3 is 10.2 Å². The van der Waals surface area contributed by atoms with Crippen LogP contribution in [0.15, 0.2) is 34.2 Å². The summed E-state index contributed by atoms with van der Waals surface area (Å²) in [5.74, 6) is 0. The summed E-state index contributed by atoms with van der Waals surface area (Å²) in [6.07, 6.45) is 3.23. The van der Waals surface area contributed by atoms with Crippen molar-refractivity contribution in [2.75, 3.05) is 6.54 Å². The van der Waals surface area contributed by atoms with E-state index in [1.165, 1.54) is 9.75 Å². The third kappa shape index (κ3) is 2.62. The molecule has 0 aliphatic heterocycles. The van der Waals surface area contributed by atoms with E-state index in [0.717, 1.165) is 0 Å². The Bertz CT molecular complexity index is 411. The van der Waals surface area contributed by atoms with E-state index in [-0.39, 0.29) is 5.25 Å². The zero-order valence-corrected chi connectivity index (χ0v) is 9.98. The Hall–Kier alpha value is -0.780. The summed E-state index contributed by atoms with van der Waals surface area (Å²) >= 11 is 3.34. The number of thiophene rings is 1. The van der Waals surface area contributed by atoms with Crippen LogP contribution in [-0.4, -0.2) is 11.5 Å². The largest absolute Gasteiger partial charge is 0.440 e. The van der Waals surface area contributed by atoms with Crippen LogP contribution < -0.4 is 5.73 Å². The van der Waals surface area contributed by atoms with E-state index in [1.54, 1.807) is 35.6 Å². The fourth-order valence-corrected chi connectivity index (χ4v) is 3.17. The molecule has 0 radical (unpaired) electrons. The molecule has 0 fully saturated rings. The highest BCUT2D eigenvalue weighted by atomic mass is 32.2. The van der Waals surface area contributed by atoms with E-state index in [0.29, 0.717) is 11.8 Å². The lowest BCUT2D eigenvalue weighted by molar-refractivity contribution is 0.453. The van der Waals surface area contributed by atoms with Gasteiger partial charge in [0.2, 0.25) is 0 Å². The predicted molar refractivity (Wildman–Crippen MR) is 63.2 cm³/mol. The zero-order chi connectivity index (χ0) is 10.7. The molecule has 0 aliphatic carbocycles. The number of hydrogen-bond donors (Lipinski definition) is 1. The fourth-order valence-electron chi connectivity index (χ4n) is 1.24. The minimum absolute atomic E-state index is 0.238. The van der Waals surface area contributed by atoms with Crippen molar-refractivity contribution >= 4 is 23.1 Å². The predicted octanol–water partition coefficient (Wildman–Crippen LogP) is 2.84. The number of aryl methyl sites for hydroxylation is 1. The summed E-state index contributed by atoms with van der Waals surface area (Å²) < 4.78 is 5.20. The molecule has 0 aromatic carbocycles. The molecule has 2 aromatic heterocycles. The van der Waals surface area contributed by atoms with Crippen LogP contribution in [0.5, 0.6) is 0 Å². The lowest BCUT2D eigenvalue weighted by Crippen LogP contribution is -2.07. The van der Waals surface area contributed by atoms with Crippen molar-refractivity contribution in [1.82, 2.24) is 4.98 Å². The molecule has 0 spiro atoms. The van der Waals surface area contributed by atoms with Crippen LogP contribution in [0.1, 0.15) is 15.0 Å². The molecule has 5 heteroatoms. The number of aromatic nitrogens is 1. The standard InChI is InChI=1S/C10H12N2OS2/c1-7-2-3-8(14-7)9(6-11)15-10-12-4-5-13-10/h2-5,9H,6,11H2,1H3. The van der Waals surface area contributed by atoms with E-state index >= 15 is 0 Å². The van der Waals surface area contributed by atoms with Crippen molar-refractivity contribution in [1.29, 1.82) is 0 Å². The maximum absolute atomic E-state index is 5.75. The van der Waals surface area contributed by atoms with E-state index in [2.05, 4.69) is 24.0 Å². The molecule has 2 N–H and O–H groups in total. The van der Waals surface area contributed by atoms with Gasteiger partial charge in [0.1, 0.15) is 6.26 Å². The molecule has 0 amide bonds. The highest BCUT2D eigenvalue weighted by Gasteiger charge is 2.15. The summed E-state index contributed by atoms with van der Waals surface area (Å²) in [6.45, 7) is 2.69. The normalized spacial score (nSPS) is 12.9. The number of hydrogen-bond acceptors (Lipinski definition) is 5. The Morgan fingerprint density at radius 3 is 3.00 bits per heavy atom. The van der Waals surface area contributed by atoms with Crippen LogP contribution in [0.3, 0.4) is 0 Å². The van der Waals surface area contributed by atoms with Crippen LogP contribution in [-0.2, 0) is 0 Å². The van der Waals surface area contributed by atoms with Gasteiger partial charge in [-0.1, -0.05) is 11.8 Å². The minimum atomic E-state index is 0.238. The Balaban J connectivity index is 2.11. The molecule has 15 heavy (non-hydrogen) atoms. The van der Waals surface area contributed by atoms with Gasteiger partial charge in [0, 0.05) is 16.3 Å². The van der Waals surface area contributed by atoms with Crippen molar-refractivity contribution in [2.45, 2.75) is 17.4 Å². The molecule has 0 saturated carbocycles. The summed E-state index contributed by atoms with van der Waals surface area (Å²) in [6, 6.07) is 4.23. The lowest BCUT2D eigenvalue weighted by Gasteiger charge is -2.08. The molecule has 3 nitrogen and oxygen atoms in total. The van der Waals surface area contributed by atoms with Crippen molar-refractivity contribution in [3.8, 4) is 0 Å². The number of nitrogens with two attached hydrogens (primary N) is 1. The van der Waals surface area contributed by atoms with Gasteiger partial charge in [-0.2, -0.15) is 0 Å². The first-order valence-electron chi connectivity index (χ1n) is 4.62. The summed E-state index contributed by atoms with van der Waals surface area (Å²) in [5, 5.41) is 0.916. The van der Waals surface area contributed by atoms with Crippen LogP contribution in [0.2, 0.25) is 0 Å². The monoisotopic (exact) mass is 240 g/mol. The van der Waals surface area contributed by atoms with E-state index in [9.17, 15) is 0 Å². The van der Waals surface area contributed by atoms with Gasteiger partial charge in [0.25, 0.3) is 5.22 Å². The van der Waals surface area contributed by atoms with Gasteiger partial charge >= 0.3 is 0 Å². The molecule has 80 valence electrons. The molecule has 0 aliphatic rings. The SMILES string of the molecule is Cc1ccc(C(CN)Sc2ncco2)s1. The number of oxazole rings is 1. The average Bonchev–Trinajstić information content (AvgIpc) is 2.85. The first-order chi connectivity index (χ1) is 7.29. The highest BCUT2D eigenvalue weighted by Crippen LogP contribution is 2.36. The molecule has 2 rings (SSSR count). The highest BCUT2D eigenvalue weighted by molar-refractivity contribution is 7.99. The molecule has 1 unspecified atom stereocenters. The quantitative estimate of drug-likeness (QED) is 0.835. The minimum Gasteiger partial charge on any atom is -0.440 e. The molecular formula is C10H12N2OS2. The van der Waals surface area contributed by atoms with Gasteiger partial charge in [-0.3, -0.25) is 0 Å². The Labute approximate surface area is 96.7 Å².